The number of ether oxygens (including phenoxy) is 10. The van der Waals surface area contributed by atoms with E-state index < -0.39 is 117 Å². The van der Waals surface area contributed by atoms with Crippen LogP contribution in [-0.4, -0.2) is 116 Å². The summed E-state index contributed by atoms with van der Waals surface area (Å²) < 4.78 is 63.1. The maximum atomic E-state index is 14.2. The van der Waals surface area contributed by atoms with Crippen LogP contribution < -0.4 is 0 Å². The van der Waals surface area contributed by atoms with Crippen LogP contribution in [0.1, 0.15) is 61.3 Å². The van der Waals surface area contributed by atoms with E-state index in [0.717, 1.165) is 0 Å². The Bertz CT molecular complexity index is 1680. The molecule has 0 amide bonds. The molecule has 1 unspecified atom stereocenters. The zero-order valence-electron chi connectivity index (χ0n) is 30.9. The standard InChI is InChI=1S/C37H48O15/c1-10-17(2)27(40)49-21-14-22(48-18(3)38)34-16-47-36(44-9,29(41)43-8)28(34)32(6)26(24-25(34)31(21,5)15-46-24)52-33(7)20-13-23(37(32,33)42)50-30-35(20,11-12-45-30)51-19(4)39/h10-12,20-26,28,30,42H,13-16H2,1-9H3/b17-10+/t20?,21-,22+,23+,24-,25+,26-,28+,30+,31-,32-,33-,34+,35+,36+,37+/m1/s1. The molecule has 8 aliphatic rings. The molecule has 3 saturated carbocycles. The molecule has 15 heteroatoms. The molecule has 0 radical (unpaired) electrons. The molecule has 0 aromatic rings. The van der Waals surface area contributed by atoms with E-state index in [4.69, 9.17) is 47.4 Å². The molecule has 5 aliphatic heterocycles. The van der Waals surface area contributed by atoms with Crippen molar-refractivity contribution < 1.29 is 71.7 Å². The summed E-state index contributed by atoms with van der Waals surface area (Å²) in [6.07, 6.45) is -0.670. The molecule has 16 atom stereocenters. The molecule has 2 bridgehead atoms. The Morgan fingerprint density at radius 3 is 2.33 bits per heavy atom. The monoisotopic (exact) mass is 732 g/mol. The first-order chi connectivity index (χ1) is 24.4. The van der Waals surface area contributed by atoms with Crippen LogP contribution in [0.15, 0.2) is 24.0 Å². The predicted molar refractivity (Wildman–Crippen MR) is 172 cm³/mol. The van der Waals surface area contributed by atoms with Crippen LogP contribution in [0, 0.1) is 34.0 Å². The fourth-order valence-electron chi connectivity index (χ4n) is 12.7. The summed E-state index contributed by atoms with van der Waals surface area (Å²) in [6.45, 7) is 11.5. The maximum Gasteiger partial charge on any atom is 0.366 e. The largest absolute Gasteiger partial charge is 0.468 e. The van der Waals surface area contributed by atoms with Gasteiger partial charge in [-0.05, 0) is 27.2 Å². The van der Waals surface area contributed by atoms with Crippen molar-refractivity contribution >= 4 is 23.9 Å². The molecule has 0 aromatic heterocycles. The van der Waals surface area contributed by atoms with E-state index in [1.807, 2.05) is 13.8 Å². The number of carbonyl (C=O) groups excluding carboxylic acids is 4. The van der Waals surface area contributed by atoms with E-state index in [1.165, 1.54) is 34.3 Å². The molecular weight excluding hydrogens is 684 g/mol. The van der Waals surface area contributed by atoms with Crippen LogP contribution in [0.4, 0.5) is 0 Å². The summed E-state index contributed by atoms with van der Waals surface area (Å²) in [4.78, 5) is 53.3. The van der Waals surface area contributed by atoms with Crippen LogP contribution in [0.2, 0.25) is 0 Å². The topological polar surface area (TPSA) is 181 Å². The summed E-state index contributed by atoms with van der Waals surface area (Å²) in [6, 6.07) is 0. The quantitative estimate of drug-likeness (QED) is 0.237. The van der Waals surface area contributed by atoms with Crippen molar-refractivity contribution in [2.45, 2.75) is 121 Å². The van der Waals surface area contributed by atoms with Gasteiger partial charge < -0.3 is 52.5 Å². The van der Waals surface area contributed by atoms with Crippen molar-refractivity contribution in [3.63, 3.8) is 0 Å². The third kappa shape index (κ3) is 3.77. The van der Waals surface area contributed by atoms with Gasteiger partial charge in [-0.15, -0.1) is 0 Å². The highest BCUT2D eigenvalue weighted by Crippen LogP contribution is 2.81. The zero-order chi connectivity index (χ0) is 37.6. The fraction of sp³-hybridized carbons (Fsp3) is 0.784. The van der Waals surface area contributed by atoms with Crippen LogP contribution in [0.5, 0.6) is 0 Å². The Balaban J connectivity index is 1.38. The minimum Gasteiger partial charge on any atom is -0.468 e. The number of hydrogen-bond donors (Lipinski definition) is 1. The maximum absolute atomic E-state index is 14.2. The summed E-state index contributed by atoms with van der Waals surface area (Å²) in [5.74, 6) is -7.15. The minimum absolute atomic E-state index is 0.0440. The number of rotatable bonds is 6. The number of esters is 4. The van der Waals surface area contributed by atoms with E-state index >= 15 is 0 Å². The molecule has 1 spiro atoms. The van der Waals surface area contributed by atoms with Crippen LogP contribution in [0.25, 0.3) is 0 Å². The molecule has 52 heavy (non-hydrogen) atoms. The van der Waals surface area contributed by atoms with Crippen molar-refractivity contribution in [3.8, 4) is 0 Å². The van der Waals surface area contributed by atoms with Gasteiger partial charge >= 0.3 is 23.9 Å². The normalized spacial score (nSPS) is 53.1. The highest BCUT2D eigenvalue weighted by Gasteiger charge is 2.94. The van der Waals surface area contributed by atoms with E-state index in [9.17, 15) is 24.3 Å². The Labute approximate surface area is 301 Å². The minimum atomic E-state index is -2.14. The highest BCUT2D eigenvalue weighted by molar-refractivity contribution is 5.87. The molecule has 3 aliphatic carbocycles. The van der Waals surface area contributed by atoms with Crippen molar-refractivity contribution in [1.82, 2.24) is 0 Å². The van der Waals surface area contributed by atoms with E-state index in [-0.39, 0.29) is 26.1 Å². The molecule has 0 aromatic carbocycles. The van der Waals surface area contributed by atoms with Crippen LogP contribution >= 0.6 is 0 Å². The Morgan fingerprint density at radius 1 is 0.962 bits per heavy atom. The van der Waals surface area contributed by atoms with Crippen LogP contribution in [0.3, 0.4) is 0 Å². The number of carbonyl (C=O) groups is 4. The number of aliphatic hydroxyl groups is 1. The molecular formula is C37H48O15. The molecule has 286 valence electrons. The number of fused-ring (bicyclic) bond motifs is 11. The lowest BCUT2D eigenvalue weighted by Crippen LogP contribution is -2.78. The third-order valence-corrected chi connectivity index (χ3v) is 14.6. The van der Waals surface area contributed by atoms with Crippen LogP contribution in [-0.2, 0) is 66.5 Å². The molecule has 15 nitrogen and oxygen atoms in total. The van der Waals surface area contributed by atoms with Gasteiger partial charge in [-0.2, -0.15) is 0 Å². The van der Waals surface area contributed by atoms with Crippen molar-refractivity contribution in [3.05, 3.63) is 24.0 Å². The van der Waals surface area contributed by atoms with E-state index in [0.29, 0.717) is 5.57 Å². The first kappa shape index (κ1) is 35.9. The SMILES string of the molecule is C/C=C(\C)C(=O)O[C@@H]1C[C@H](OC(C)=O)[C@]23CO[C@](OC)(C(=O)OC)[C@H]2[C@@]2(C)[C@H](O[C@]4(C)C5C[C@H](O[C@@H]6OC=C[C@]56OC(C)=O)[C@]24O)[C@@H]2OC[C@@]1(C)[C@H]23. The molecule has 7 fully saturated rings. The second kappa shape index (κ2) is 11.0. The lowest BCUT2D eigenvalue weighted by Gasteiger charge is -2.66. The van der Waals surface area contributed by atoms with Gasteiger partial charge in [0.15, 0.2) is 0 Å². The average Bonchev–Trinajstić information content (AvgIpc) is 3.86. The Hall–Kier alpha value is -3.08. The highest BCUT2D eigenvalue weighted by atomic mass is 16.7. The van der Waals surface area contributed by atoms with Gasteiger partial charge in [0, 0.05) is 73.0 Å². The van der Waals surface area contributed by atoms with Gasteiger partial charge in [-0.3, -0.25) is 9.59 Å². The van der Waals surface area contributed by atoms with Gasteiger partial charge in [0.2, 0.25) is 11.9 Å². The predicted octanol–water partition coefficient (Wildman–Crippen LogP) is 1.87. The van der Waals surface area contributed by atoms with E-state index in [2.05, 4.69) is 0 Å². The van der Waals surface area contributed by atoms with Crippen molar-refractivity contribution in [2.75, 3.05) is 27.4 Å². The number of hydrogen-bond acceptors (Lipinski definition) is 15. The average molecular weight is 733 g/mol. The first-order valence-electron chi connectivity index (χ1n) is 17.9. The van der Waals surface area contributed by atoms with Crippen molar-refractivity contribution in [1.29, 1.82) is 0 Å². The summed E-state index contributed by atoms with van der Waals surface area (Å²) in [5, 5.41) is 13.8. The lowest BCUT2D eigenvalue weighted by atomic mass is 9.37. The van der Waals surface area contributed by atoms with Gasteiger partial charge in [-0.1, -0.05) is 19.9 Å². The van der Waals surface area contributed by atoms with E-state index in [1.54, 1.807) is 32.9 Å². The molecule has 1 N–H and O–H groups in total. The first-order valence-corrected chi connectivity index (χ1v) is 17.9. The number of allylic oxidation sites excluding steroid dienone is 1. The smallest absolute Gasteiger partial charge is 0.366 e. The summed E-state index contributed by atoms with van der Waals surface area (Å²) in [5.41, 5.74) is -8.25. The summed E-state index contributed by atoms with van der Waals surface area (Å²) in [7, 11) is 2.55. The van der Waals surface area contributed by atoms with Gasteiger partial charge in [0.1, 0.15) is 23.4 Å². The number of methoxy groups -OCH3 is 2. The molecule has 8 rings (SSSR count). The van der Waals surface area contributed by atoms with Gasteiger partial charge in [0.05, 0.1) is 44.9 Å². The third-order valence-electron chi connectivity index (χ3n) is 14.6. The lowest BCUT2D eigenvalue weighted by molar-refractivity contribution is -0.318. The summed E-state index contributed by atoms with van der Waals surface area (Å²) >= 11 is 0. The Kier molecular flexibility index (Phi) is 7.60. The van der Waals surface area contributed by atoms with Crippen molar-refractivity contribution in [2.24, 2.45) is 34.0 Å². The second-order valence-corrected chi connectivity index (χ2v) is 16.5. The fourth-order valence-corrected chi connectivity index (χ4v) is 12.7. The van der Waals surface area contributed by atoms with Gasteiger partial charge in [-0.25, -0.2) is 9.59 Å². The van der Waals surface area contributed by atoms with Gasteiger partial charge in [0.25, 0.3) is 5.79 Å². The zero-order valence-corrected chi connectivity index (χ0v) is 30.9. The Morgan fingerprint density at radius 2 is 1.69 bits per heavy atom. The second-order valence-electron chi connectivity index (χ2n) is 16.5. The molecule has 4 saturated heterocycles. The molecule has 5 heterocycles.